The van der Waals surface area contributed by atoms with Crippen LogP contribution in [0.2, 0.25) is 15.1 Å². The molecule has 0 spiro atoms. The number of nitrogens with one attached hydrogen (secondary N) is 2. The minimum atomic E-state index is -0.121. The Morgan fingerprint density at radius 1 is 1.25 bits per heavy atom. The second-order valence-corrected chi connectivity index (χ2v) is 4.30. The van der Waals surface area contributed by atoms with Crippen LogP contribution in [0.5, 0.6) is 0 Å². The van der Waals surface area contributed by atoms with Gasteiger partial charge in [0.25, 0.3) is 0 Å². The van der Waals surface area contributed by atoms with Crippen molar-refractivity contribution in [1.29, 1.82) is 0 Å². The number of anilines is 1. The van der Waals surface area contributed by atoms with Gasteiger partial charge in [0.1, 0.15) is 0 Å². The van der Waals surface area contributed by atoms with Crippen molar-refractivity contribution in [3.05, 3.63) is 27.2 Å². The lowest BCUT2D eigenvalue weighted by Gasteiger charge is -2.10. The van der Waals surface area contributed by atoms with Crippen molar-refractivity contribution < 1.29 is 4.79 Å². The van der Waals surface area contributed by atoms with E-state index in [4.69, 9.17) is 34.8 Å². The molecule has 0 unspecified atom stereocenters. The van der Waals surface area contributed by atoms with Crippen LogP contribution in [0.1, 0.15) is 6.92 Å². The summed E-state index contributed by atoms with van der Waals surface area (Å²) in [6, 6.07) is 3.13. The predicted octanol–water partition coefficient (Wildman–Crippen LogP) is 3.19. The smallest absolute Gasteiger partial charge is 0.239 e. The van der Waals surface area contributed by atoms with Crippen LogP contribution in [-0.2, 0) is 4.79 Å². The van der Waals surface area contributed by atoms with Gasteiger partial charge in [0.2, 0.25) is 5.91 Å². The second kappa shape index (κ2) is 6.18. The largest absolute Gasteiger partial charge is 0.374 e. The Bertz CT molecular complexity index is 373. The molecule has 1 aromatic rings. The zero-order valence-corrected chi connectivity index (χ0v) is 10.9. The number of hydrogen-bond acceptors (Lipinski definition) is 2. The zero-order valence-electron chi connectivity index (χ0n) is 8.61. The number of amides is 1. The molecule has 0 fully saturated rings. The Hall–Kier alpha value is -0.640. The molecule has 0 aliphatic heterocycles. The van der Waals surface area contributed by atoms with Gasteiger partial charge < -0.3 is 10.6 Å². The highest BCUT2D eigenvalue weighted by Crippen LogP contribution is 2.33. The molecule has 1 aromatic carbocycles. The average Bonchev–Trinajstić information content (AvgIpc) is 2.16. The van der Waals surface area contributed by atoms with Gasteiger partial charge in [0.15, 0.2) is 0 Å². The first-order valence-electron chi connectivity index (χ1n) is 4.69. The van der Waals surface area contributed by atoms with E-state index in [1.807, 2.05) is 6.92 Å². The first-order chi connectivity index (χ1) is 7.54. The molecule has 0 aliphatic rings. The third-order valence-corrected chi connectivity index (χ3v) is 2.62. The maximum Gasteiger partial charge on any atom is 0.239 e. The summed E-state index contributed by atoms with van der Waals surface area (Å²) in [6.07, 6.45) is 0. The molecule has 0 saturated carbocycles. The molecule has 0 bridgehead atoms. The Morgan fingerprint density at radius 2 is 1.81 bits per heavy atom. The van der Waals surface area contributed by atoms with Crippen LogP contribution >= 0.6 is 34.8 Å². The van der Waals surface area contributed by atoms with Crippen LogP contribution in [0, 0.1) is 0 Å². The highest BCUT2D eigenvalue weighted by Gasteiger charge is 2.08. The molecule has 0 saturated heterocycles. The van der Waals surface area contributed by atoms with Crippen molar-refractivity contribution in [3.8, 4) is 0 Å². The van der Waals surface area contributed by atoms with E-state index < -0.39 is 0 Å². The lowest BCUT2D eigenvalue weighted by molar-refractivity contribution is -0.119. The number of carbonyl (C=O) groups excluding carboxylic acids is 1. The van der Waals surface area contributed by atoms with E-state index in [-0.39, 0.29) is 12.5 Å². The van der Waals surface area contributed by atoms with Crippen molar-refractivity contribution in [1.82, 2.24) is 5.32 Å². The number of hydrogen-bond donors (Lipinski definition) is 2. The summed E-state index contributed by atoms with van der Waals surface area (Å²) in [5, 5.41) is 6.75. The quantitative estimate of drug-likeness (QED) is 0.890. The van der Waals surface area contributed by atoms with Crippen molar-refractivity contribution in [3.63, 3.8) is 0 Å². The molecule has 0 aromatic heterocycles. The molecule has 0 heterocycles. The number of likely N-dealkylation sites (N-methyl/N-ethyl adjacent to an activating group) is 1. The van der Waals surface area contributed by atoms with Crippen LogP contribution < -0.4 is 10.6 Å². The summed E-state index contributed by atoms with van der Waals surface area (Å²) in [6.45, 7) is 2.55. The normalized spacial score (nSPS) is 10.0. The highest BCUT2D eigenvalue weighted by molar-refractivity contribution is 6.41. The molecule has 0 aliphatic carbocycles. The maximum absolute atomic E-state index is 11.2. The fourth-order valence-corrected chi connectivity index (χ4v) is 2.09. The minimum absolute atomic E-state index is 0.120. The van der Waals surface area contributed by atoms with Gasteiger partial charge in [-0.2, -0.15) is 0 Å². The van der Waals surface area contributed by atoms with Crippen molar-refractivity contribution in [2.45, 2.75) is 6.92 Å². The second-order valence-electron chi connectivity index (χ2n) is 3.05. The van der Waals surface area contributed by atoms with Crippen LogP contribution in [-0.4, -0.2) is 19.0 Å². The Labute approximate surface area is 109 Å². The van der Waals surface area contributed by atoms with Gasteiger partial charge >= 0.3 is 0 Å². The van der Waals surface area contributed by atoms with E-state index in [0.29, 0.717) is 27.3 Å². The van der Waals surface area contributed by atoms with Crippen molar-refractivity contribution >= 4 is 46.4 Å². The van der Waals surface area contributed by atoms with Crippen LogP contribution in [0.4, 0.5) is 5.69 Å². The third-order valence-electron chi connectivity index (χ3n) is 1.81. The molecular weight excluding hydrogens is 270 g/mol. The molecule has 88 valence electrons. The monoisotopic (exact) mass is 280 g/mol. The van der Waals surface area contributed by atoms with Crippen LogP contribution in [0.15, 0.2) is 12.1 Å². The van der Waals surface area contributed by atoms with Gasteiger partial charge in [0, 0.05) is 11.6 Å². The van der Waals surface area contributed by atoms with E-state index >= 15 is 0 Å². The summed E-state index contributed by atoms with van der Waals surface area (Å²) >= 11 is 17.6. The van der Waals surface area contributed by atoms with Crippen LogP contribution in [0.3, 0.4) is 0 Å². The van der Waals surface area contributed by atoms with Gasteiger partial charge in [0.05, 0.1) is 22.3 Å². The SMILES string of the molecule is CCNC(=O)CNc1c(Cl)cc(Cl)cc1Cl. The average molecular weight is 282 g/mol. The number of benzene rings is 1. The number of rotatable bonds is 4. The van der Waals surface area contributed by atoms with E-state index in [9.17, 15) is 4.79 Å². The summed E-state index contributed by atoms with van der Waals surface area (Å²) < 4.78 is 0. The van der Waals surface area contributed by atoms with Gasteiger partial charge in [-0.1, -0.05) is 34.8 Å². The van der Waals surface area contributed by atoms with E-state index in [1.165, 1.54) is 0 Å². The first-order valence-corrected chi connectivity index (χ1v) is 5.83. The van der Waals surface area contributed by atoms with Crippen molar-refractivity contribution in [2.24, 2.45) is 0 Å². The summed E-state index contributed by atoms with van der Waals surface area (Å²) in [5.41, 5.74) is 0.513. The van der Waals surface area contributed by atoms with Gasteiger partial charge in [-0.3, -0.25) is 4.79 Å². The van der Waals surface area contributed by atoms with Gasteiger partial charge in [-0.05, 0) is 19.1 Å². The predicted molar refractivity (Wildman–Crippen MR) is 68.6 cm³/mol. The molecule has 2 N–H and O–H groups in total. The van der Waals surface area contributed by atoms with E-state index in [1.54, 1.807) is 12.1 Å². The Kier molecular flexibility index (Phi) is 5.19. The summed E-state index contributed by atoms with van der Waals surface area (Å²) in [4.78, 5) is 11.2. The first kappa shape index (κ1) is 13.4. The fraction of sp³-hybridized carbons (Fsp3) is 0.300. The van der Waals surface area contributed by atoms with Gasteiger partial charge in [-0.15, -0.1) is 0 Å². The maximum atomic E-state index is 11.2. The summed E-state index contributed by atoms with van der Waals surface area (Å²) in [5.74, 6) is -0.121. The lowest BCUT2D eigenvalue weighted by Crippen LogP contribution is -2.29. The zero-order chi connectivity index (χ0) is 12.1. The molecule has 6 heteroatoms. The molecule has 3 nitrogen and oxygen atoms in total. The molecule has 1 amide bonds. The number of halogens is 3. The standard InChI is InChI=1S/C10H11Cl3N2O/c1-2-14-9(16)5-15-10-7(12)3-6(11)4-8(10)13/h3-4,15H,2,5H2,1H3,(H,14,16). The molecular formula is C10H11Cl3N2O. The topological polar surface area (TPSA) is 41.1 Å². The molecule has 1 rings (SSSR count). The van der Waals surface area contributed by atoms with Crippen molar-refractivity contribution in [2.75, 3.05) is 18.4 Å². The van der Waals surface area contributed by atoms with E-state index in [0.717, 1.165) is 0 Å². The highest BCUT2D eigenvalue weighted by atomic mass is 35.5. The Morgan fingerprint density at radius 3 is 2.31 bits per heavy atom. The van der Waals surface area contributed by atoms with Gasteiger partial charge in [-0.25, -0.2) is 0 Å². The molecule has 0 radical (unpaired) electrons. The van der Waals surface area contributed by atoms with E-state index in [2.05, 4.69) is 10.6 Å². The third kappa shape index (κ3) is 3.74. The fourth-order valence-electron chi connectivity index (χ4n) is 1.14. The summed E-state index contributed by atoms with van der Waals surface area (Å²) in [7, 11) is 0. The van der Waals surface area contributed by atoms with Crippen LogP contribution in [0.25, 0.3) is 0 Å². The Balaban J connectivity index is 2.70. The number of carbonyl (C=O) groups is 1. The molecule has 0 atom stereocenters. The minimum Gasteiger partial charge on any atom is -0.374 e. The lowest BCUT2D eigenvalue weighted by atomic mass is 10.3. The molecule has 16 heavy (non-hydrogen) atoms.